The van der Waals surface area contributed by atoms with E-state index in [4.69, 9.17) is 11.6 Å². The van der Waals surface area contributed by atoms with Gasteiger partial charge in [-0.05, 0) is 31.4 Å². The summed E-state index contributed by atoms with van der Waals surface area (Å²) in [4.78, 5) is 14.4. The second kappa shape index (κ2) is 6.49. The van der Waals surface area contributed by atoms with E-state index >= 15 is 0 Å². The summed E-state index contributed by atoms with van der Waals surface area (Å²) in [6.45, 7) is 1.67. The molecule has 0 aromatic heterocycles. The number of hydrogen-bond donors (Lipinski definition) is 0. The van der Waals surface area contributed by atoms with Gasteiger partial charge in [-0.3, -0.25) is 4.79 Å². The highest BCUT2D eigenvalue weighted by Crippen LogP contribution is 2.30. The van der Waals surface area contributed by atoms with Crippen molar-refractivity contribution in [3.05, 3.63) is 64.4 Å². The first kappa shape index (κ1) is 15.0. The zero-order valence-electron chi connectivity index (χ0n) is 12.2. The molecule has 0 amide bonds. The Bertz CT molecular complexity index is 681. The molecule has 0 aliphatic carbocycles. The number of rotatable bonds is 3. The quantitative estimate of drug-likeness (QED) is 0.765. The normalized spacial score (nSPS) is 14.9. The highest BCUT2D eigenvalue weighted by molar-refractivity contribution is 6.35. The summed E-state index contributed by atoms with van der Waals surface area (Å²) in [7, 11) is 0. The van der Waals surface area contributed by atoms with Gasteiger partial charge in [-0.25, -0.2) is 4.39 Å². The number of ketones is 1. The molecule has 3 rings (SSSR count). The van der Waals surface area contributed by atoms with Gasteiger partial charge in [-0.15, -0.1) is 0 Å². The molecule has 0 atom stereocenters. The lowest BCUT2D eigenvalue weighted by molar-refractivity contribution is 0.103. The van der Waals surface area contributed by atoms with Gasteiger partial charge >= 0.3 is 0 Å². The number of anilines is 1. The molecule has 114 valence electrons. The third-order valence-electron chi connectivity index (χ3n) is 4.01. The molecule has 0 radical (unpaired) electrons. The molecule has 1 aliphatic rings. The molecule has 0 bridgehead atoms. The fourth-order valence-corrected chi connectivity index (χ4v) is 3.08. The van der Waals surface area contributed by atoms with E-state index in [1.54, 1.807) is 30.3 Å². The molecule has 1 heterocycles. The minimum absolute atomic E-state index is 0.214. The van der Waals surface area contributed by atoms with E-state index in [1.807, 2.05) is 11.0 Å². The lowest BCUT2D eigenvalue weighted by Gasteiger charge is -2.29. The Labute approximate surface area is 134 Å². The number of hydrogen-bond acceptors (Lipinski definition) is 2. The Kier molecular flexibility index (Phi) is 4.44. The Morgan fingerprint density at radius 2 is 1.73 bits per heavy atom. The first-order chi connectivity index (χ1) is 10.7. The van der Waals surface area contributed by atoms with E-state index in [0.717, 1.165) is 25.9 Å². The van der Waals surface area contributed by atoms with Crippen molar-refractivity contribution in [1.29, 1.82) is 0 Å². The van der Waals surface area contributed by atoms with Crippen molar-refractivity contribution < 1.29 is 9.18 Å². The highest BCUT2D eigenvalue weighted by atomic mass is 35.5. The lowest BCUT2D eigenvalue weighted by atomic mass is 10.0. The van der Waals surface area contributed by atoms with Gasteiger partial charge in [-0.2, -0.15) is 0 Å². The van der Waals surface area contributed by atoms with Crippen molar-refractivity contribution in [2.45, 2.75) is 19.3 Å². The molecule has 0 unspecified atom stereocenters. The summed E-state index contributed by atoms with van der Waals surface area (Å²) < 4.78 is 14.4. The zero-order valence-corrected chi connectivity index (χ0v) is 12.9. The molecule has 1 aliphatic heterocycles. The van der Waals surface area contributed by atoms with E-state index in [0.29, 0.717) is 16.3 Å². The Balaban J connectivity index is 1.94. The number of carbonyl (C=O) groups is 1. The Hall–Kier alpha value is -1.87. The average Bonchev–Trinajstić information content (AvgIpc) is 2.57. The van der Waals surface area contributed by atoms with Crippen molar-refractivity contribution in [2.75, 3.05) is 18.0 Å². The van der Waals surface area contributed by atoms with Crippen LogP contribution in [0.5, 0.6) is 0 Å². The van der Waals surface area contributed by atoms with Gasteiger partial charge < -0.3 is 4.90 Å². The molecule has 4 heteroatoms. The Morgan fingerprint density at radius 3 is 2.41 bits per heavy atom. The van der Waals surface area contributed by atoms with Crippen LogP contribution < -0.4 is 4.90 Å². The van der Waals surface area contributed by atoms with E-state index in [9.17, 15) is 9.18 Å². The number of benzene rings is 2. The van der Waals surface area contributed by atoms with E-state index < -0.39 is 0 Å². The topological polar surface area (TPSA) is 20.3 Å². The zero-order chi connectivity index (χ0) is 15.5. The van der Waals surface area contributed by atoms with Crippen molar-refractivity contribution >= 4 is 23.1 Å². The first-order valence-electron chi connectivity index (χ1n) is 7.50. The molecule has 2 aromatic rings. The summed E-state index contributed by atoms with van der Waals surface area (Å²) >= 11 is 6.25. The SMILES string of the molecule is O=C(c1ccccc1)c1cc(F)c(N2CCCCC2)cc1Cl. The van der Waals surface area contributed by atoms with Crippen LogP contribution >= 0.6 is 11.6 Å². The number of halogens is 2. The van der Waals surface area contributed by atoms with Crippen LogP contribution in [-0.2, 0) is 0 Å². The molecule has 22 heavy (non-hydrogen) atoms. The van der Waals surface area contributed by atoms with Crippen molar-refractivity contribution in [1.82, 2.24) is 0 Å². The van der Waals surface area contributed by atoms with Crippen LogP contribution in [0.15, 0.2) is 42.5 Å². The molecule has 1 fully saturated rings. The van der Waals surface area contributed by atoms with Gasteiger partial charge in [0.2, 0.25) is 0 Å². The maximum Gasteiger partial charge on any atom is 0.194 e. The highest BCUT2D eigenvalue weighted by Gasteiger charge is 2.20. The summed E-state index contributed by atoms with van der Waals surface area (Å²) in [6, 6.07) is 11.6. The number of carbonyl (C=O) groups excluding carboxylic acids is 1. The van der Waals surface area contributed by atoms with Crippen molar-refractivity contribution in [2.24, 2.45) is 0 Å². The standard InChI is InChI=1S/C18H17ClFNO/c19-15-12-17(21-9-5-2-6-10-21)16(20)11-14(15)18(22)13-7-3-1-4-8-13/h1,3-4,7-8,11-12H,2,5-6,9-10H2. The fraction of sp³-hybridized carbons (Fsp3) is 0.278. The maximum absolute atomic E-state index is 14.4. The van der Waals surface area contributed by atoms with Crippen LogP contribution in [-0.4, -0.2) is 18.9 Å². The van der Waals surface area contributed by atoms with E-state index in [1.165, 1.54) is 12.5 Å². The largest absolute Gasteiger partial charge is 0.369 e. The predicted octanol–water partition coefficient (Wildman–Crippen LogP) is 4.70. The summed E-state index contributed by atoms with van der Waals surface area (Å²) in [6.07, 6.45) is 3.29. The molecule has 2 aromatic carbocycles. The summed E-state index contributed by atoms with van der Waals surface area (Å²) in [5.41, 5.74) is 1.22. The van der Waals surface area contributed by atoms with Crippen LogP contribution in [0, 0.1) is 5.82 Å². The van der Waals surface area contributed by atoms with Gasteiger partial charge in [0.1, 0.15) is 5.82 Å². The van der Waals surface area contributed by atoms with Gasteiger partial charge in [0.25, 0.3) is 0 Å². The molecule has 0 spiro atoms. The third-order valence-corrected chi connectivity index (χ3v) is 4.33. The van der Waals surface area contributed by atoms with Gasteiger partial charge in [0.15, 0.2) is 5.78 Å². The lowest BCUT2D eigenvalue weighted by Crippen LogP contribution is -2.30. The number of piperidine rings is 1. The maximum atomic E-state index is 14.4. The van der Waals surface area contributed by atoms with Gasteiger partial charge in [-0.1, -0.05) is 41.9 Å². The van der Waals surface area contributed by atoms with E-state index in [2.05, 4.69) is 0 Å². The summed E-state index contributed by atoms with van der Waals surface area (Å²) in [5.74, 6) is -0.639. The molecular weight excluding hydrogens is 301 g/mol. The molecule has 1 saturated heterocycles. The molecule has 2 nitrogen and oxygen atoms in total. The van der Waals surface area contributed by atoms with Gasteiger partial charge in [0.05, 0.1) is 10.7 Å². The van der Waals surface area contributed by atoms with Crippen LogP contribution in [0.2, 0.25) is 5.02 Å². The summed E-state index contributed by atoms with van der Waals surface area (Å²) in [5, 5.41) is 0.302. The van der Waals surface area contributed by atoms with Crippen LogP contribution in [0.25, 0.3) is 0 Å². The van der Waals surface area contributed by atoms with Crippen molar-refractivity contribution in [3.8, 4) is 0 Å². The average molecular weight is 318 g/mol. The van der Waals surface area contributed by atoms with Crippen LogP contribution in [0.1, 0.15) is 35.2 Å². The fourth-order valence-electron chi connectivity index (χ4n) is 2.83. The second-order valence-electron chi connectivity index (χ2n) is 5.53. The van der Waals surface area contributed by atoms with E-state index in [-0.39, 0.29) is 17.2 Å². The van der Waals surface area contributed by atoms with Crippen LogP contribution in [0.3, 0.4) is 0 Å². The Morgan fingerprint density at radius 1 is 1.05 bits per heavy atom. The van der Waals surface area contributed by atoms with Crippen molar-refractivity contribution in [3.63, 3.8) is 0 Å². The van der Waals surface area contributed by atoms with Gasteiger partial charge in [0, 0.05) is 24.2 Å². The molecule has 0 saturated carbocycles. The van der Waals surface area contributed by atoms with Crippen LogP contribution in [0.4, 0.5) is 10.1 Å². The minimum atomic E-state index is -0.384. The second-order valence-corrected chi connectivity index (χ2v) is 5.93. The predicted molar refractivity (Wildman–Crippen MR) is 87.3 cm³/mol. The smallest absolute Gasteiger partial charge is 0.194 e. The third kappa shape index (κ3) is 3.00. The number of nitrogens with zero attached hydrogens (tertiary/aromatic N) is 1. The molecule has 0 N–H and O–H groups in total. The minimum Gasteiger partial charge on any atom is -0.369 e. The first-order valence-corrected chi connectivity index (χ1v) is 7.88. The molecular formula is C18H17ClFNO. The monoisotopic (exact) mass is 317 g/mol.